The highest BCUT2D eigenvalue weighted by atomic mass is 16.5. The van der Waals surface area contributed by atoms with Crippen molar-refractivity contribution in [2.75, 3.05) is 66.2 Å². The molecule has 0 aromatic heterocycles. The third kappa shape index (κ3) is 6.61. The number of hydrogen-bond donors (Lipinski definition) is 1. The van der Waals surface area contributed by atoms with Crippen LogP contribution >= 0.6 is 0 Å². The van der Waals surface area contributed by atoms with E-state index >= 15 is 0 Å². The van der Waals surface area contributed by atoms with Crippen LogP contribution in [0.2, 0.25) is 0 Å². The van der Waals surface area contributed by atoms with Crippen LogP contribution in [0, 0.1) is 5.92 Å². The Balaban J connectivity index is 1.52. The smallest absolute Gasteiger partial charge is 0.0900 e. The van der Waals surface area contributed by atoms with E-state index in [1.54, 1.807) is 7.11 Å². The van der Waals surface area contributed by atoms with Crippen LogP contribution in [0.4, 0.5) is 0 Å². The molecule has 2 fully saturated rings. The second-order valence-electron chi connectivity index (χ2n) is 6.45. The zero-order chi connectivity index (χ0) is 14.9. The SMILES string of the molecule is COC[C@H](O)CN1CCC(CCCN2CCOCC2)CC1. The number of β-amino-alcohol motifs (C(OH)–C–C–N with tert-alkyl or cyclic N) is 1. The van der Waals surface area contributed by atoms with Crippen molar-refractivity contribution in [2.45, 2.75) is 31.8 Å². The van der Waals surface area contributed by atoms with Crippen LogP contribution in [0.3, 0.4) is 0 Å². The lowest BCUT2D eigenvalue weighted by Crippen LogP contribution is -2.40. The Kier molecular flexibility index (Phi) is 7.96. The number of ether oxygens (including phenoxy) is 2. The van der Waals surface area contributed by atoms with Crippen LogP contribution in [0.1, 0.15) is 25.7 Å². The molecule has 2 saturated heterocycles. The van der Waals surface area contributed by atoms with E-state index in [1.807, 2.05) is 0 Å². The zero-order valence-corrected chi connectivity index (χ0v) is 13.5. The maximum Gasteiger partial charge on any atom is 0.0900 e. The number of likely N-dealkylation sites (tertiary alicyclic amines) is 1. The number of hydrogen-bond acceptors (Lipinski definition) is 5. The standard InChI is InChI=1S/C16H32N2O3/c1-20-14-16(19)13-18-7-4-15(5-8-18)3-2-6-17-9-11-21-12-10-17/h15-16,19H,2-14H2,1H3/t16-/m1/s1. The minimum Gasteiger partial charge on any atom is -0.389 e. The fraction of sp³-hybridized carbons (Fsp3) is 1.00. The third-order valence-electron chi connectivity index (χ3n) is 4.73. The van der Waals surface area contributed by atoms with Crippen molar-refractivity contribution in [1.82, 2.24) is 9.80 Å². The van der Waals surface area contributed by atoms with Gasteiger partial charge >= 0.3 is 0 Å². The maximum absolute atomic E-state index is 9.77. The van der Waals surface area contributed by atoms with Crippen molar-refractivity contribution >= 4 is 0 Å². The molecule has 0 saturated carbocycles. The Morgan fingerprint density at radius 1 is 1.14 bits per heavy atom. The average Bonchev–Trinajstić information content (AvgIpc) is 2.50. The monoisotopic (exact) mass is 300 g/mol. The molecule has 0 spiro atoms. The van der Waals surface area contributed by atoms with Crippen molar-refractivity contribution in [3.63, 3.8) is 0 Å². The second kappa shape index (κ2) is 9.74. The first kappa shape index (κ1) is 17.2. The van der Waals surface area contributed by atoms with Crippen molar-refractivity contribution in [3.8, 4) is 0 Å². The summed E-state index contributed by atoms with van der Waals surface area (Å²) in [6.07, 6.45) is 4.89. The minimum absolute atomic E-state index is 0.340. The molecule has 2 rings (SSSR count). The summed E-state index contributed by atoms with van der Waals surface area (Å²) in [5.74, 6) is 0.877. The second-order valence-corrected chi connectivity index (χ2v) is 6.45. The van der Waals surface area contributed by atoms with Gasteiger partial charge in [0.2, 0.25) is 0 Å². The van der Waals surface area contributed by atoms with Gasteiger partial charge in [-0.3, -0.25) is 4.90 Å². The summed E-state index contributed by atoms with van der Waals surface area (Å²) in [6, 6.07) is 0. The van der Waals surface area contributed by atoms with Gasteiger partial charge in [-0.2, -0.15) is 0 Å². The fourth-order valence-corrected chi connectivity index (χ4v) is 3.43. The molecule has 124 valence electrons. The predicted molar refractivity (Wildman–Crippen MR) is 83.5 cm³/mol. The molecule has 2 heterocycles. The number of aliphatic hydroxyl groups is 1. The van der Waals surface area contributed by atoms with Crippen molar-refractivity contribution in [3.05, 3.63) is 0 Å². The molecule has 0 aliphatic carbocycles. The van der Waals surface area contributed by atoms with Crippen molar-refractivity contribution in [2.24, 2.45) is 5.92 Å². The highest BCUT2D eigenvalue weighted by Gasteiger charge is 2.21. The summed E-state index contributed by atoms with van der Waals surface area (Å²) in [4.78, 5) is 4.90. The predicted octanol–water partition coefficient (Wildman–Crippen LogP) is 0.818. The Bertz CT molecular complexity index is 264. The highest BCUT2D eigenvalue weighted by molar-refractivity contribution is 4.75. The number of morpholine rings is 1. The molecule has 1 N–H and O–H groups in total. The van der Waals surface area contributed by atoms with Gasteiger partial charge in [0.05, 0.1) is 25.9 Å². The molecular weight excluding hydrogens is 268 g/mol. The Hall–Kier alpha value is -0.200. The number of aliphatic hydroxyl groups excluding tert-OH is 1. The lowest BCUT2D eigenvalue weighted by Gasteiger charge is -2.33. The normalized spacial score (nSPS) is 24.3. The third-order valence-corrected chi connectivity index (χ3v) is 4.73. The molecule has 0 unspecified atom stereocenters. The van der Waals surface area contributed by atoms with E-state index in [-0.39, 0.29) is 6.10 Å². The van der Waals surface area contributed by atoms with Crippen LogP contribution in [0.15, 0.2) is 0 Å². The largest absolute Gasteiger partial charge is 0.389 e. The summed E-state index contributed by atoms with van der Waals surface area (Å²) in [5.41, 5.74) is 0. The Morgan fingerprint density at radius 2 is 1.86 bits per heavy atom. The van der Waals surface area contributed by atoms with Gasteiger partial charge in [0, 0.05) is 26.7 Å². The van der Waals surface area contributed by atoms with Crippen LogP contribution in [-0.4, -0.2) is 87.2 Å². The topological polar surface area (TPSA) is 45.2 Å². The highest BCUT2D eigenvalue weighted by Crippen LogP contribution is 2.22. The summed E-state index contributed by atoms with van der Waals surface area (Å²) in [7, 11) is 1.64. The summed E-state index contributed by atoms with van der Waals surface area (Å²) >= 11 is 0. The molecule has 5 heteroatoms. The Morgan fingerprint density at radius 3 is 2.52 bits per heavy atom. The number of piperidine rings is 1. The summed E-state index contributed by atoms with van der Waals surface area (Å²) < 4.78 is 10.4. The fourth-order valence-electron chi connectivity index (χ4n) is 3.43. The van der Waals surface area contributed by atoms with Gasteiger partial charge in [0.1, 0.15) is 0 Å². The molecule has 0 aromatic carbocycles. The molecule has 0 aromatic rings. The van der Waals surface area contributed by atoms with Crippen LogP contribution in [0.5, 0.6) is 0 Å². The van der Waals surface area contributed by atoms with Crippen LogP contribution in [-0.2, 0) is 9.47 Å². The molecule has 0 bridgehead atoms. The lowest BCUT2D eigenvalue weighted by molar-refractivity contribution is 0.0270. The molecule has 0 radical (unpaired) electrons. The first-order chi connectivity index (χ1) is 10.3. The molecule has 2 aliphatic rings. The maximum atomic E-state index is 9.77. The summed E-state index contributed by atoms with van der Waals surface area (Å²) in [5, 5.41) is 9.77. The van der Waals surface area contributed by atoms with E-state index < -0.39 is 0 Å². The van der Waals surface area contributed by atoms with Gasteiger partial charge in [0.15, 0.2) is 0 Å². The minimum atomic E-state index is -0.340. The molecular formula is C16H32N2O3. The quantitative estimate of drug-likeness (QED) is 0.719. The van der Waals surface area contributed by atoms with E-state index in [4.69, 9.17) is 9.47 Å². The van der Waals surface area contributed by atoms with Crippen molar-refractivity contribution < 1.29 is 14.6 Å². The van der Waals surface area contributed by atoms with E-state index in [1.165, 1.54) is 32.2 Å². The molecule has 1 atom stereocenters. The van der Waals surface area contributed by atoms with Gasteiger partial charge in [-0.1, -0.05) is 0 Å². The van der Waals surface area contributed by atoms with E-state index in [2.05, 4.69) is 9.80 Å². The number of rotatable bonds is 8. The first-order valence-electron chi connectivity index (χ1n) is 8.47. The zero-order valence-electron chi connectivity index (χ0n) is 13.5. The molecule has 5 nitrogen and oxygen atoms in total. The van der Waals surface area contributed by atoms with E-state index in [0.717, 1.165) is 51.9 Å². The van der Waals surface area contributed by atoms with Gasteiger partial charge in [0.25, 0.3) is 0 Å². The van der Waals surface area contributed by atoms with E-state index in [0.29, 0.717) is 6.61 Å². The number of nitrogens with zero attached hydrogens (tertiary/aromatic N) is 2. The van der Waals surface area contributed by atoms with Crippen LogP contribution in [0.25, 0.3) is 0 Å². The Labute approximate surface area is 129 Å². The molecule has 2 aliphatic heterocycles. The first-order valence-corrected chi connectivity index (χ1v) is 8.47. The summed E-state index contributed by atoms with van der Waals surface area (Å²) in [6.45, 7) is 8.71. The molecule has 21 heavy (non-hydrogen) atoms. The van der Waals surface area contributed by atoms with Gasteiger partial charge in [-0.25, -0.2) is 0 Å². The van der Waals surface area contributed by atoms with E-state index in [9.17, 15) is 5.11 Å². The van der Waals surface area contributed by atoms with Gasteiger partial charge < -0.3 is 19.5 Å². The van der Waals surface area contributed by atoms with Gasteiger partial charge in [-0.15, -0.1) is 0 Å². The van der Waals surface area contributed by atoms with Crippen molar-refractivity contribution in [1.29, 1.82) is 0 Å². The average molecular weight is 300 g/mol. The lowest BCUT2D eigenvalue weighted by atomic mass is 9.92. The number of methoxy groups -OCH3 is 1. The van der Waals surface area contributed by atoms with Gasteiger partial charge in [-0.05, 0) is 51.2 Å². The van der Waals surface area contributed by atoms with Crippen LogP contribution < -0.4 is 0 Å². The molecule has 0 amide bonds.